The standard InChI is InChI=1S/C65H43N3/c1-44-66-62(49-32-28-47(29-33-49)52-19-11-22-55(39-52)54-21-10-18-51(38-54)45-14-4-2-5-15-45)43-63(67-44)50-34-30-48(31-35-50)53-20-12-23-56(40-53)58-36-37-61-60-26-8-9-27-64(60)68(65(61)42-58)59-25-13-24-57(41-59)46-16-6-3-7-17-46/h2-4,6-14,16-43H,1H3. The van der Waals surface area contributed by atoms with Crippen molar-refractivity contribution in [3.8, 4) is 83.8 Å². The third-order valence-electron chi connectivity index (χ3n) is 13.0. The van der Waals surface area contributed by atoms with Crippen LogP contribution in [-0.2, 0) is 0 Å². The largest absolute Gasteiger partial charge is 0.309 e. The van der Waals surface area contributed by atoms with E-state index in [1.165, 1.54) is 55.2 Å². The second-order valence-corrected chi connectivity index (χ2v) is 17.3. The highest BCUT2D eigenvalue weighted by atomic mass is 15.0. The maximum atomic E-state index is 4.89. The molecule has 11 aromatic rings. The van der Waals surface area contributed by atoms with Crippen LogP contribution < -0.4 is 0 Å². The third-order valence-corrected chi connectivity index (χ3v) is 13.0. The highest BCUT2D eigenvalue weighted by Gasteiger charge is 2.15. The van der Waals surface area contributed by atoms with Crippen molar-refractivity contribution in [2.75, 3.05) is 0 Å². The second kappa shape index (κ2) is 17.4. The fraction of sp³-hybridized carbons (Fsp3) is 0.0154. The molecule has 12 rings (SSSR count). The van der Waals surface area contributed by atoms with Crippen LogP contribution in [-0.4, -0.2) is 14.5 Å². The first-order chi connectivity index (χ1) is 33.6. The number of aryl methyl sites for hydroxylation is 1. The molecule has 0 atom stereocenters. The van der Waals surface area contributed by atoms with Gasteiger partial charge in [0.15, 0.2) is 0 Å². The first-order valence-corrected chi connectivity index (χ1v) is 23.0. The molecular formula is C65H43N3. The minimum absolute atomic E-state index is 0.735. The first-order valence-electron chi connectivity index (χ1n) is 23.0. The maximum absolute atomic E-state index is 4.89. The fourth-order valence-electron chi connectivity index (χ4n) is 9.56. The van der Waals surface area contributed by atoms with Crippen molar-refractivity contribution in [3.63, 3.8) is 0 Å². The molecule has 3 nitrogen and oxygen atoms in total. The van der Waals surface area contributed by atoms with Crippen LogP contribution in [0.5, 0.6) is 0 Å². The smallest absolute Gasteiger partial charge is 0.126 e. The zero-order valence-electron chi connectivity index (χ0n) is 37.4. The van der Waals surface area contributed by atoms with Gasteiger partial charge in [-0.2, -0.15) is 0 Å². The van der Waals surface area contributed by atoms with Crippen LogP contribution in [0.4, 0.5) is 0 Å². The number of aromatic nitrogens is 3. The van der Waals surface area contributed by atoms with Crippen LogP contribution in [0.1, 0.15) is 11.4 Å². The molecule has 0 amide bonds. The second-order valence-electron chi connectivity index (χ2n) is 17.3. The number of fused-ring (bicyclic) bond motifs is 3. The van der Waals surface area contributed by atoms with Gasteiger partial charge >= 0.3 is 0 Å². The topological polar surface area (TPSA) is 30.7 Å². The van der Waals surface area contributed by atoms with Crippen LogP contribution in [0.2, 0.25) is 0 Å². The number of nitrogens with zero attached hydrogens (tertiary/aromatic N) is 3. The summed E-state index contributed by atoms with van der Waals surface area (Å²) in [4.78, 5) is 9.76. The van der Waals surface area contributed by atoms with E-state index in [1.54, 1.807) is 0 Å². The van der Waals surface area contributed by atoms with E-state index < -0.39 is 0 Å². The Kier molecular flexibility index (Phi) is 10.3. The van der Waals surface area contributed by atoms with Gasteiger partial charge in [-0.1, -0.05) is 193 Å². The average Bonchev–Trinajstić information content (AvgIpc) is 3.75. The Balaban J connectivity index is 0.804. The van der Waals surface area contributed by atoms with Crippen molar-refractivity contribution in [2.45, 2.75) is 6.92 Å². The summed E-state index contributed by atoms with van der Waals surface area (Å²) in [7, 11) is 0. The molecular weight excluding hydrogens is 823 g/mol. The lowest BCUT2D eigenvalue weighted by Crippen LogP contribution is -1.95. The van der Waals surface area contributed by atoms with Crippen molar-refractivity contribution in [1.29, 1.82) is 0 Å². The van der Waals surface area contributed by atoms with Gasteiger partial charge in [0.05, 0.1) is 22.4 Å². The molecule has 0 aliphatic heterocycles. The van der Waals surface area contributed by atoms with E-state index in [0.29, 0.717) is 0 Å². The van der Waals surface area contributed by atoms with E-state index in [9.17, 15) is 0 Å². The molecule has 2 heterocycles. The Morgan fingerprint density at radius 3 is 1.43 bits per heavy atom. The fourth-order valence-corrected chi connectivity index (χ4v) is 9.56. The number of benzene rings is 9. The van der Waals surface area contributed by atoms with E-state index in [0.717, 1.165) is 67.4 Å². The van der Waals surface area contributed by atoms with Gasteiger partial charge in [0, 0.05) is 33.2 Å². The number of rotatable bonds is 9. The highest BCUT2D eigenvalue weighted by Crippen LogP contribution is 2.38. The van der Waals surface area contributed by atoms with Crippen LogP contribution in [0.25, 0.3) is 111 Å². The number of hydrogen-bond donors (Lipinski definition) is 0. The van der Waals surface area contributed by atoms with Crippen molar-refractivity contribution in [3.05, 3.63) is 266 Å². The summed E-state index contributed by atoms with van der Waals surface area (Å²) in [5.74, 6) is 0.735. The summed E-state index contributed by atoms with van der Waals surface area (Å²) in [5.41, 5.74) is 27.6. The monoisotopic (exact) mass is 865 g/mol. The zero-order valence-corrected chi connectivity index (χ0v) is 37.4. The number of hydrogen-bond acceptors (Lipinski definition) is 2. The van der Waals surface area contributed by atoms with Crippen molar-refractivity contribution in [2.24, 2.45) is 0 Å². The maximum Gasteiger partial charge on any atom is 0.126 e. The molecule has 9 aromatic carbocycles. The predicted molar refractivity (Wildman–Crippen MR) is 283 cm³/mol. The van der Waals surface area contributed by atoms with Gasteiger partial charge in [-0.25, -0.2) is 9.97 Å². The molecule has 0 saturated heterocycles. The van der Waals surface area contributed by atoms with Crippen LogP contribution in [0.3, 0.4) is 0 Å². The lowest BCUT2D eigenvalue weighted by atomic mass is 9.95. The molecule has 318 valence electrons. The van der Waals surface area contributed by atoms with Crippen molar-refractivity contribution in [1.82, 2.24) is 14.5 Å². The first kappa shape index (κ1) is 40.4. The molecule has 1 aliphatic carbocycles. The quantitative estimate of drug-likeness (QED) is 0.135. The van der Waals surface area contributed by atoms with Crippen LogP contribution in [0.15, 0.2) is 254 Å². The van der Waals surface area contributed by atoms with Gasteiger partial charge in [0.2, 0.25) is 0 Å². The van der Waals surface area contributed by atoms with Crippen molar-refractivity contribution < 1.29 is 0 Å². The Morgan fingerprint density at radius 1 is 0.353 bits per heavy atom. The predicted octanol–water partition coefficient (Wildman–Crippen LogP) is 16.8. The third kappa shape index (κ3) is 7.81. The number of allylic oxidation sites excluding steroid dienone is 4. The summed E-state index contributed by atoms with van der Waals surface area (Å²) in [6, 6.07) is 80.8. The normalized spacial score (nSPS) is 11.9. The Bertz CT molecular complexity index is 3860. The van der Waals surface area contributed by atoms with Crippen molar-refractivity contribution >= 4 is 27.4 Å². The molecule has 68 heavy (non-hydrogen) atoms. The van der Waals surface area contributed by atoms with Crippen LogP contribution in [0, 0.1) is 6.92 Å². The summed E-state index contributed by atoms with van der Waals surface area (Å²) < 4.78 is 2.41. The van der Waals surface area contributed by atoms with E-state index in [1.807, 2.05) is 19.1 Å². The van der Waals surface area contributed by atoms with Gasteiger partial charge in [-0.3, -0.25) is 0 Å². The van der Waals surface area contributed by atoms with E-state index in [-0.39, 0.29) is 0 Å². The van der Waals surface area contributed by atoms with E-state index >= 15 is 0 Å². The molecule has 0 N–H and O–H groups in total. The van der Waals surface area contributed by atoms with Gasteiger partial charge in [0.1, 0.15) is 5.82 Å². The SMILES string of the molecule is Cc1nc(-c2ccc(-c3cccc(-c4cccc(C5=C=C=CC=C5)c4)c3)cc2)cc(-c2ccc(-c3cccc(-c4ccc5c6ccccc6n(-c6cccc(-c7ccccc7)c6)c5c4)c3)cc2)n1. The Hall–Kier alpha value is -9.10. The highest BCUT2D eigenvalue weighted by molar-refractivity contribution is 6.10. The Morgan fingerprint density at radius 2 is 0.809 bits per heavy atom. The van der Waals surface area contributed by atoms with Gasteiger partial charge in [-0.15, -0.1) is 0 Å². The summed E-state index contributed by atoms with van der Waals surface area (Å²) >= 11 is 0. The Labute approximate surface area is 396 Å². The minimum Gasteiger partial charge on any atom is -0.309 e. The molecule has 0 bridgehead atoms. The summed E-state index contributed by atoms with van der Waals surface area (Å²) in [5, 5.41) is 2.48. The van der Waals surface area contributed by atoms with Crippen LogP contribution >= 0.6 is 0 Å². The van der Waals surface area contributed by atoms with Gasteiger partial charge in [-0.05, 0) is 129 Å². The lowest BCUT2D eigenvalue weighted by Gasteiger charge is -2.12. The molecule has 0 saturated carbocycles. The van der Waals surface area contributed by atoms with E-state index in [2.05, 4.69) is 247 Å². The molecule has 0 unspecified atom stereocenters. The lowest BCUT2D eigenvalue weighted by molar-refractivity contribution is 1.06. The molecule has 0 fully saturated rings. The van der Waals surface area contributed by atoms with Gasteiger partial charge < -0.3 is 4.57 Å². The zero-order chi connectivity index (χ0) is 45.4. The molecule has 3 heteroatoms. The molecule has 2 aromatic heterocycles. The minimum atomic E-state index is 0.735. The molecule has 0 radical (unpaired) electrons. The molecule has 1 aliphatic rings. The van der Waals surface area contributed by atoms with E-state index in [4.69, 9.17) is 9.97 Å². The summed E-state index contributed by atoms with van der Waals surface area (Å²) in [6.07, 6.45) is 5.95. The van der Waals surface area contributed by atoms with Gasteiger partial charge in [0.25, 0.3) is 0 Å². The number of para-hydroxylation sites is 1. The average molecular weight is 866 g/mol. The molecule has 0 spiro atoms. The summed E-state index contributed by atoms with van der Waals surface area (Å²) in [6.45, 7) is 1.97.